The number of urea groups is 1. The first-order valence-electron chi connectivity index (χ1n) is 6.46. The van der Waals surface area contributed by atoms with Crippen molar-refractivity contribution in [3.8, 4) is 0 Å². The Bertz CT molecular complexity index is 652. The number of carbonyl (C=O) groups excluding carboxylic acids is 2. The van der Waals surface area contributed by atoms with E-state index in [0.717, 1.165) is 0 Å². The van der Waals surface area contributed by atoms with E-state index >= 15 is 0 Å². The molecule has 0 radical (unpaired) electrons. The van der Waals surface area contributed by atoms with Crippen LogP contribution in [0, 0.1) is 5.92 Å². The van der Waals surface area contributed by atoms with E-state index in [0.29, 0.717) is 0 Å². The Balaban J connectivity index is 1.85. The van der Waals surface area contributed by atoms with Crippen LogP contribution in [0.4, 0.5) is 18.0 Å². The number of nitrogens with one attached hydrogen (secondary N) is 2. The predicted molar refractivity (Wildman–Crippen MR) is 68.2 cm³/mol. The molecule has 1 aliphatic carbocycles. The second-order valence-electron chi connectivity index (χ2n) is 5.26. The summed E-state index contributed by atoms with van der Waals surface area (Å²) >= 11 is 5.83. The zero-order valence-electron chi connectivity index (χ0n) is 10.9. The standard InChI is InChI=1S/C12H10ClF3N4O2/c13-9-5(4-1-7(4)12(14,15)16)2-8(19-20-9)6-3-17-11(22)18-10(6)21/h2,4,6-7H,1,3H2,(H2,17,18,21,22)/t4-,6?,7+/m0/s1. The van der Waals surface area contributed by atoms with Gasteiger partial charge in [0.25, 0.3) is 0 Å². The lowest BCUT2D eigenvalue weighted by Crippen LogP contribution is -2.51. The van der Waals surface area contributed by atoms with Crippen molar-refractivity contribution in [1.29, 1.82) is 0 Å². The van der Waals surface area contributed by atoms with Crippen molar-refractivity contribution in [2.45, 2.75) is 24.4 Å². The van der Waals surface area contributed by atoms with Gasteiger partial charge in [-0.25, -0.2) is 4.79 Å². The molecule has 1 unspecified atom stereocenters. The SMILES string of the molecule is O=C1NCC(c2cc([C@@H]3C[C@H]3C(F)(F)F)c(Cl)nn2)C(=O)N1. The molecular weight excluding hydrogens is 325 g/mol. The molecule has 3 amide bonds. The van der Waals surface area contributed by atoms with Gasteiger partial charge >= 0.3 is 12.2 Å². The summed E-state index contributed by atoms with van der Waals surface area (Å²) in [5.41, 5.74) is 0.420. The maximum Gasteiger partial charge on any atom is 0.392 e. The van der Waals surface area contributed by atoms with Gasteiger partial charge in [-0.05, 0) is 24.0 Å². The molecule has 1 aromatic rings. The molecule has 1 aromatic heterocycles. The van der Waals surface area contributed by atoms with Gasteiger partial charge in [0.1, 0.15) is 0 Å². The van der Waals surface area contributed by atoms with Crippen molar-refractivity contribution < 1.29 is 22.8 Å². The van der Waals surface area contributed by atoms with Gasteiger partial charge in [-0.15, -0.1) is 5.10 Å². The Kier molecular flexibility index (Phi) is 3.47. The van der Waals surface area contributed by atoms with E-state index in [1.165, 1.54) is 6.07 Å². The van der Waals surface area contributed by atoms with Crippen molar-refractivity contribution in [2.75, 3.05) is 6.54 Å². The Hall–Kier alpha value is -1.90. The van der Waals surface area contributed by atoms with Gasteiger partial charge in [0.2, 0.25) is 5.91 Å². The molecule has 0 aromatic carbocycles. The number of aromatic nitrogens is 2. The van der Waals surface area contributed by atoms with E-state index < -0.39 is 35.9 Å². The molecule has 1 saturated carbocycles. The third-order valence-corrected chi connectivity index (χ3v) is 4.08. The van der Waals surface area contributed by atoms with Gasteiger partial charge in [0, 0.05) is 6.54 Å². The molecule has 0 spiro atoms. The topological polar surface area (TPSA) is 84.0 Å². The second kappa shape index (κ2) is 5.08. The lowest BCUT2D eigenvalue weighted by atomic mass is 10.00. The van der Waals surface area contributed by atoms with E-state index in [1.54, 1.807) is 0 Å². The minimum absolute atomic E-state index is 0.00772. The van der Waals surface area contributed by atoms with Crippen molar-refractivity contribution in [3.63, 3.8) is 0 Å². The summed E-state index contributed by atoms with van der Waals surface area (Å²) in [5, 5.41) is 11.8. The molecule has 2 fully saturated rings. The Morgan fingerprint density at radius 1 is 1.27 bits per heavy atom. The lowest BCUT2D eigenvalue weighted by Gasteiger charge is -2.21. The fourth-order valence-corrected chi connectivity index (χ4v) is 2.74. The summed E-state index contributed by atoms with van der Waals surface area (Å²) in [6.07, 6.45) is -4.34. The van der Waals surface area contributed by atoms with E-state index in [4.69, 9.17) is 11.6 Å². The van der Waals surface area contributed by atoms with Crippen LogP contribution in [0.15, 0.2) is 6.07 Å². The smallest absolute Gasteiger partial charge is 0.337 e. The summed E-state index contributed by atoms with van der Waals surface area (Å²) < 4.78 is 38.0. The molecule has 1 aliphatic heterocycles. The first kappa shape index (κ1) is 15.0. The molecule has 118 valence electrons. The molecule has 1 saturated heterocycles. The molecule has 3 rings (SSSR count). The van der Waals surface area contributed by atoms with Gasteiger partial charge < -0.3 is 5.32 Å². The minimum Gasteiger partial charge on any atom is -0.337 e. The Morgan fingerprint density at radius 3 is 2.59 bits per heavy atom. The molecule has 2 N–H and O–H groups in total. The molecule has 6 nitrogen and oxygen atoms in total. The van der Waals surface area contributed by atoms with Crippen LogP contribution in [0.5, 0.6) is 0 Å². The number of imide groups is 1. The third-order valence-electron chi connectivity index (χ3n) is 3.78. The zero-order valence-corrected chi connectivity index (χ0v) is 11.7. The average Bonchev–Trinajstić information content (AvgIpc) is 3.20. The van der Waals surface area contributed by atoms with Crippen LogP contribution in [0.2, 0.25) is 5.15 Å². The molecule has 22 heavy (non-hydrogen) atoms. The number of amides is 3. The normalized spacial score (nSPS) is 28.1. The van der Waals surface area contributed by atoms with E-state index in [9.17, 15) is 22.8 Å². The third kappa shape index (κ3) is 2.72. The van der Waals surface area contributed by atoms with Crippen LogP contribution in [-0.2, 0) is 4.79 Å². The number of rotatable bonds is 2. The first-order valence-corrected chi connectivity index (χ1v) is 6.83. The fraction of sp³-hybridized carbons (Fsp3) is 0.500. The predicted octanol–water partition coefficient (Wildman–Crippen LogP) is 1.72. The Morgan fingerprint density at radius 2 is 2.00 bits per heavy atom. The van der Waals surface area contributed by atoms with Crippen LogP contribution >= 0.6 is 11.6 Å². The molecule has 2 heterocycles. The molecule has 2 aliphatic rings. The lowest BCUT2D eigenvalue weighted by molar-refractivity contribution is -0.148. The summed E-state index contributed by atoms with van der Waals surface area (Å²) in [4.78, 5) is 22.8. The maximum absolute atomic E-state index is 12.7. The average molecular weight is 335 g/mol. The molecule has 0 bridgehead atoms. The van der Waals surface area contributed by atoms with Gasteiger partial charge in [0.05, 0.1) is 17.5 Å². The van der Waals surface area contributed by atoms with Crippen molar-refractivity contribution in [1.82, 2.24) is 20.8 Å². The highest BCUT2D eigenvalue weighted by Crippen LogP contribution is 2.57. The van der Waals surface area contributed by atoms with Gasteiger partial charge in [0.15, 0.2) is 5.15 Å². The van der Waals surface area contributed by atoms with E-state index in [1.807, 2.05) is 0 Å². The van der Waals surface area contributed by atoms with Crippen molar-refractivity contribution >= 4 is 23.5 Å². The number of alkyl halides is 3. The number of halogens is 4. The summed E-state index contributed by atoms with van der Waals surface area (Å²) in [7, 11) is 0. The fourth-order valence-electron chi connectivity index (χ4n) is 2.51. The van der Waals surface area contributed by atoms with Gasteiger partial charge in [-0.2, -0.15) is 18.3 Å². The number of carbonyl (C=O) groups is 2. The highest BCUT2D eigenvalue weighted by molar-refractivity contribution is 6.30. The number of nitrogens with zero attached hydrogens (tertiary/aromatic N) is 2. The maximum atomic E-state index is 12.7. The van der Waals surface area contributed by atoms with Crippen LogP contribution in [-0.4, -0.2) is 34.9 Å². The molecular formula is C12H10ClF3N4O2. The monoisotopic (exact) mass is 334 g/mol. The number of hydrogen-bond acceptors (Lipinski definition) is 4. The zero-order chi connectivity index (χ0) is 16.1. The summed E-state index contributed by atoms with van der Waals surface area (Å²) in [5.74, 6) is -3.58. The van der Waals surface area contributed by atoms with Crippen LogP contribution in [0.3, 0.4) is 0 Å². The van der Waals surface area contributed by atoms with Crippen LogP contribution in [0.1, 0.15) is 29.5 Å². The van der Waals surface area contributed by atoms with Crippen LogP contribution in [0.25, 0.3) is 0 Å². The Labute approximate surface area is 127 Å². The van der Waals surface area contributed by atoms with Crippen LogP contribution < -0.4 is 10.6 Å². The molecule has 3 atom stereocenters. The van der Waals surface area contributed by atoms with E-state index in [2.05, 4.69) is 20.8 Å². The quantitative estimate of drug-likeness (QED) is 0.862. The largest absolute Gasteiger partial charge is 0.392 e. The van der Waals surface area contributed by atoms with Crippen molar-refractivity contribution in [3.05, 3.63) is 22.5 Å². The number of hydrogen-bond donors (Lipinski definition) is 2. The molecule has 10 heteroatoms. The van der Waals surface area contributed by atoms with Gasteiger partial charge in [-0.3, -0.25) is 10.1 Å². The first-order chi connectivity index (χ1) is 10.3. The minimum atomic E-state index is -4.28. The van der Waals surface area contributed by atoms with Gasteiger partial charge in [-0.1, -0.05) is 11.6 Å². The highest BCUT2D eigenvalue weighted by Gasteiger charge is 2.57. The van der Waals surface area contributed by atoms with Crippen molar-refractivity contribution in [2.24, 2.45) is 5.92 Å². The summed E-state index contributed by atoms with van der Waals surface area (Å²) in [6.45, 7) is 0.00772. The summed E-state index contributed by atoms with van der Waals surface area (Å²) in [6, 6.07) is 0.746. The van der Waals surface area contributed by atoms with E-state index in [-0.39, 0.29) is 29.4 Å². The second-order valence-corrected chi connectivity index (χ2v) is 5.62. The highest BCUT2D eigenvalue weighted by atomic mass is 35.5.